The average Bonchev–Trinajstić information content (AvgIpc) is 2.68. The average molecular weight is 350 g/mol. The van der Waals surface area contributed by atoms with E-state index in [0.29, 0.717) is 5.91 Å². The summed E-state index contributed by atoms with van der Waals surface area (Å²) in [5.74, 6) is 1.21. The minimum absolute atomic E-state index is 0.284. The van der Waals surface area contributed by atoms with E-state index in [1.807, 2.05) is 36.4 Å². The van der Waals surface area contributed by atoms with Crippen molar-refractivity contribution in [2.45, 2.75) is 24.7 Å². The van der Waals surface area contributed by atoms with Crippen LogP contribution in [0.5, 0.6) is 5.75 Å². The monoisotopic (exact) mass is 350 g/mol. The molecule has 0 N–H and O–H groups in total. The molecule has 26 heavy (non-hydrogen) atoms. The van der Waals surface area contributed by atoms with E-state index >= 15 is 0 Å². The van der Waals surface area contributed by atoms with Gasteiger partial charge in [0.05, 0.1) is 18.2 Å². The second kappa shape index (κ2) is 7.02. The standard InChI is InChI=1S/C22H26N2O2/c1-26-20-11-6-5-10-19(20)23-14-16-24(17-15-23)21(25)22(12-7-13-22)18-8-3-2-4-9-18/h2-6,8-11H,7,12-17H2,1H3. The molecule has 2 fully saturated rings. The fourth-order valence-corrected chi connectivity index (χ4v) is 4.26. The first-order chi connectivity index (χ1) is 12.7. The van der Waals surface area contributed by atoms with Crippen molar-refractivity contribution in [3.05, 3.63) is 60.2 Å². The molecule has 2 aromatic rings. The summed E-state index contributed by atoms with van der Waals surface area (Å²) in [5, 5.41) is 0. The lowest BCUT2D eigenvalue weighted by Crippen LogP contribution is -2.56. The molecule has 4 rings (SSSR count). The number of carbonyl (C=O) groups is 1. The van der Waals surface area contributed by atoms with Crippen LogP contribution in [-0.2, 0) is 10.2 Å². The lowest BCUT2D eigenvalue weighted by molar-refractivity contribution is -0.141. The number of nitrogens with zero attached hydrogens (tertiary/aromatic N) is 2. The van der Waals surface area contributed by atoms with Crippen LogP contribution in [0.4, 0.5) is 5.69 Å². The fourth-order valence-electron chi connectivity index (χ4n) is 4.26. The Labute approximate surface area is 155 Å². The molecular weight excluding hydrogens is 324 g/mol. The molecule has 0 spiro atoms. The van der Waals surface area contributed by atoms with Gasteiger partial charge < -0.3 is 14.5 Å². The zero-order valence-electron chi connectivity index (χ0n) is 15.4. The molecule has 0 aromatic heterocycles. The Morgan fingerprint density at radius 3 is 2.19 bits per heavy atom. The highest BCUT2D eigenvalue weighted by Gasteiger charge is 2.47. The highest BCUT2D eigenvalue weighted by atomic mass is 16.5. The Morgan fingerprint density at radius 2 is 1.58 bits per heavy atom. The molecule has 2 aliphatic rings. The third-order valence-corrected chi connectivity index (χ3v) is 5.94. The van der Waals surface area contributed by atoms with E-state index in [-0.39, 0.29) is 5.41 Å². The maximum Gasteiger partial charge on any atom is 0.233 e. The molecule has 1 heterocycles. The third kappa shape index (κ3) is 2.83. The molecule has 1 saturated carbocycles. The number of para-hydroxylation sites is 2. The largest absolute Gasteiger partial charge is 0.495 e. The van der Waals surface area contributed by atoms with Crippen molar-refractivity contribution < 1.29 is 9.53 Å². The first kappa shape index (κ1) is 17.0. The van der Waals surface area contributed by atoms with E-state index < -0.39 is 0 Å². The highest BCUT2D eigenvalue weighted by molar-refractivity contribution is 5.89. The zero-order valence-corrected chi connectivity index (χ0v) is 15.4. The lowest BCUT2D eigenvalue weighted by atomic mass is 9.63. The molecule has 1 saturated heterocycles. The van der Waals surface area contributed by atoms with Gasteiger partial charge in [0, 0.05) is 26.2 Å². The molecule has 0 radical (unpaired) electrons. The van der Waals surface area contributed by atoms with Crippen LogP contribution in [-0.4, -0.2) is 44.1 Å². The molecule has 0 unspecified atom stereocenters. The quantitative estimate of drug-likeness (QED) is 0.846. The summed E-state index contributed by atoms with van der Waals surface area (Å²) >= 11 is 0. The first-order valence-corrected chi connectivity index (χ1v) is 9.47. The molecule has 4 nitrogen and oxygen atoms in total. The Morgan fingerprint density at radius 1 is 0.923 bits per heavy atom. The Hall–Kier alpha value is -2.49. The van der Waals surface area contributed by atoms with E-state index in [4.69, 9.17) is 4.74 Å². The Bertz CT molecular complexity index is 763. The van der Waals surface area contributed by atoms with Crippen molar-refractivity contribution in [1.29, 1.82) is 0 Å². The zero-order chi connectivity index (χ0) is 18.0. The summed E-state index contributed by atoms with van der Waals surface area (Å²) in [4.78, 5) is 17.7. The van der Waals surface area contributed by atoms with Gasteiger partial charge in [-0.25, -0.2) is 0 Å². The second-order valence-electron chi connectivity index (χ2n) is 7.25. The van der Waals surface area contributed by atoms with Crippen LogP contribution in [0.2, 0.25) is 0 Å². The summed E-state index contributed by atoms with van der Waals surface area (Å²) in [6, 6.07) is 18.4. The lowest BCUT2D eigenvalue weighted by Gasteiger charge is -2.46. The van der Waals surface area contributed by atoms with E-state index in [2.05, 4.69) is 28.0 Å². The predicted molar refractivity (Wildman–Crippen MR) is 104 cm³/mol. The van der Waals surface area contributed by atoms with Gasteiger partial charge in [0.15, 0.2) is 0 Å². The minimum atomic E-state index is -0.284. The van der Waals surface area contributed by atoms with Gasteiger partial charge in [0.2, 0.25) is 5.91 Å². The molecule has 2 aromatic carbocycles. The molecule has 136 valence electrons. The first-order valence-electron chi connectivity index (χ1n) is 9.47. The van der Waals surface area contributed by atoms with E-state index in [0.717, 1.165) is 56.9 Å². The molecule has 1 aliphatic heterocycles. The Kier molecular flexibility index (Phi) is 4.58. The number of benzene rings is 2. The number of hydrogen-bond acceptors (Lipinski definition) is 3. The van der Waals surface area contributed by atoms with Crippen molar-refractivity contribution in [3.8, 4) is 5.75 Å². The molecular formula is C22H26N2O2. The van der Waals surface area contributed by atoms with Gasteiger partial charge in [-0.15, -0.1) is 0 Å². The van der Waals surface area contributed by atoms with Gasteiger partial charge in [0.1, 0.15) is 5.75 Å². The summed E-state index contributed by atoms with van der Waals surface area (Å²) in [7, 11) is 1.71. The van der Waals surface area contributed by atoms with E-state index in [1.54, 1.807) is 7.11 Å². The SMILES string of the molecule is COc1ccccc1N1CCN(C(=O)C2(c3ccccc3)CCC2)CC1. The number of anilines is 1. The van der Waals surface area contributed by atoms with Crippen molar-refractivity contribution in [2.75, 3.05) is 38.2 Å². The number of hydrogen-bond donors (Lipinski definition) is 0. The van der Waals surface area contributed by atoms with Gasteiger partial charge in [-0.05, 0) is 30.5 Å². The molecule has 0 bridgehead atoms. The normalized spacial score (nSPS) is 19.0. The molecule has 1 amide bonds. The van der Waals surface area contributed by atoms with Gasteiger partial charge in [0.25, 0.3) is 0 Å². The van der Waals surface area contributed by atoms with Crippen LogP contribution >= 0.6 is 0 Å². The molecule has 0 atom stereocenters. The van der Waals surface area contributed by atoms with Crippen LogP contribution in [0.15, 0.2) is 54.6 Å². The van der Waals surface area contributed by atoms with Crippen LogP contribution in [0.3, 0.4) is 0 Å². The van der Waals surface area contributed by atoms with Crippen molar-refractivity contribution >= 4 is 11.6 Å². The van der Waals surface area contributed by atoms with Gasteiger partial charge >= 0.3 is 0 Å². The topological polar surface area (TPSA) is 32.8 Å². The maximum atomic E-state index is 13.4. The van der Waals surface area contributed by atoms with Crippen LogP contribution < -0.4 is 9.64 Å². The van der Waals surface area contributed by atoms with E-state index in [1.165, 1.54) is 5.56 Å². The van der Waals surface area contributed by atoms with Crippen LogP contribution in [0.25, 0.3) is 0 Å². The van der Waals surface area contributed by atoms with Gasteiger partial charge in [-0.2, -0.15) is 0 Å². The molecule has 1 aliphatic carbocycles. The third-order valence-electron chi connectivity index (χ3n) is 5.94. The second-order valence-corrected chi connectivity index (χ2v) is 7.25. The summed E-state index contributed by atoms with van der Waals surface area (Å²) in [6.45, 7) is 3.23. The number of rotatable bonds is 4. The number of amides is 1. The fraction of sp³-hybridized carbons (Fsp3) is 0.409. The summed E-state index contributed by atoms with van der Waals surface area (Å²) in [5.41, 5.74) is 2.01. The van der Waals surface area contributed by atoms with Gasteiger partial charge in [-0.1, -0.05) is 48.9 Å². The number of piperazine rings is 1. The van der Waals surface area contributed by atoms with Crippen molar-refractivity contribution in [1.82, 2.24) is 4.90 Å². The minimum Gasteiger partial charge on any atom is -0.495 e. The summed E-state index contributed by atoms with van der Waals surface area (Å²) in [6.07, 6.45) is 3.09. The van der Waals surface area contributed by atoms with Crippen molar-refractivity contribution in [3.63, 3.8) is 0 Å². The molecule has 4 heteroatoms. The number of ether oxygens (including phenoxy) is 1. The highest BCUT2D eigenvalue weighted by Crippen LogP contribution is 2.45. The predicted octanol–water partition coefficient (Wildman–Crippen LogP) is 3.47. The number of carbonyl (C=O) groups excluding carboxylic acids is 1. The van der Waals surface area contributed by atoms with Crippen LogP contribution in [0, 0.1) is 0 Å². The van der Waals surface area contributed by atoms with E-state index in [9.17, 15) is 4.79 Å². The van der Waals surface area contributed by atoms with Gasteiger partial charge in [-0.3, -0.25) is 4.79 Å². The maximum absolute atomic E-state index is 13.4. The number of methoxy groups -OCH3 is 1. The van der Waals surface area contributed by atoms with Crippen molar-refractivity contribution in [2.24, 2.45) is 0 Å². The Balaban J connectivity index is 1.47. The van der Waals surface area contributed by atoms with Crippen LogP contribution in [0.1, 0.15) is 24.8 Å². The summed E-state index contributed by atoms with van der Waals surface area (Å²) < 4.78 is 5.49. The smallest absolute Gasteiger partial charge is 0.233 e.